The summed E-state index contributed by atoms with van der Waals surface area (Å²) in [7, 11) is 0. The van der Waals surface area contributed by atoms with Crippen LogP contribution in [0.3, 0.4) is 0 Å². The van der Waals surface area contributed by atoms with Crippen LogP contribution in [0, 0.1) is 0 Å². The number of carbonyl (C=O) groups is 1. The maximum absolute atomic E-state index is 13.1. The Labute approximate surface area is 169 Å². The quantitative estimate of drug-likeness (QED) is 0.603. The Hall–Kier alpha value is -2.34. The zero-order chi connectivity index (χ0) is 20.9. The largest absolute Gasteiger partial charge is 0.411 e. The van der Waals surface area contributed by atoms with Crippen molar-refractivity contribution in [2.24, 2.45) is 0 Å². The van der Waals surface area contributed by atoms with Gasteiger partial charge in [0.1, 0.15) is 6.61 Å². The van der Waals surface area contributed by atoms with Gasteiger partial charge in [-0.25, -0.2) is 0 Å². The van der Waals surface area contributed by atoms with Gasteiger partial charge >= 0.3 is 6.18 Å². The Morgan fingerprint density at radius 3 is 2.45 bits per heavy atom. The van der Waals surface area contributed by atoms with Crippen LogP contribution >= 0.6 is 0 Å². The molecule has 3 nitrogen and oxygen atoms in total. The second-order valence-corrected chi connectivity index (χ2v) is 7.44. The predicted molar refractivity (Wildman–Crippen MR) is 106 cm³/mol. The first-order chi connectivity index (χ1) is 13.9. The van der Waals surface area contributed by atoms with E-state index in [1.165, 1.54) is 5.56 Å². The molecule has 1 amide bonds. The highest BCUT2D eigenvalue weighted by atomic mass is 19.4. The van der Waals surface area contributed by atoms with Crippen LogP contribution in [0.2, 0.25) is 0 Å². The fourth-order valence-corrected chi connectivity index (χ4v) is 4.09. The van der Waals surface area contributed by atoms with Crippen LogP contribution in [0.1, 0.15) is 53.6 Å². The molecule has 1 fully saturated rings. The van der Waals surface area contributed by atoms with Crippen LogP contribution in [-0.2, 0) is 11.3 Å². The molecule has 1 saturated heterocycles. The van der Waals surface area contributed by atoms with E-state index >= 15 is 0 Å². The van der Waals surface area contributed by atoms with E-state index in [2.05, 4.69) is 23.8 Å². The highest BCUT2D eigenvalue weighted by Crippen LogP contribution is 2.34. The molecule has 156 valence electrons. The number of hydrogen-bond acceptors (Lipinski definition) is 2. The number of hydrogen-bond donors (Lipinski definition) is 0. The summed E-state index contributed by atoms with van der Waals surface area (Å²) in [5.74, 6) is 0.266. The van der Waals surface area contributed by atoms with Crippen LogP contribution in [0.15, 0.2) is 54.6 Å². The number of amides is 1. The Kier molecular flexibility index (Phi) is 6.96. The lowest BCUT2D eigenvalue weighted by Gasteiger charge is -2.32. The van der Waals surface area contributed by atoms with Gasteiger partial charge in [-0.15, -0.1) is 0 Å². The number of alkyl halides is 3. The number of benzene rings is 2. The molecule has 0 spiro atoms. The van der Waals surface area contributed by atoms with Crippen molar-refractivity contribution in [2.45, 2.75) is 50.9 Å². The van der Waals surface area contributed by atoms with Gasteiger partial charge in [-0.2, -0.15) is 13.2 Å². The summed E-state index contributed by atoms with van der Waals surface area (Å²) in [6.07, 6.45) is -1.44. The first kappa shape index (κ1) is 21.4. The average Bonchev–Trinajstić information content (AvgIpc) is 3.18. The smallest absolute Gasteiger partial charge is 0.367 e. The number of ether oxygens (including phenoxy) is 1. The van der Waals surface area contributed by atoms with Gasteiger partial charge in [0, 0.05) is 24.1 Å². The van der Waals surface area contributed by atoms with E-state index < -0.39 is 12.8 Å². The van der Waals surface area contributed by atoms with Gasteiger partial charge in [-0.05, 0) is 42.5 Å². The SMILES string of the molecule is CCC(c1ccccc1)C1CCCN1C(=O)c1ccc(COCC(F)(F)F)cc1. The Morgan fingerprint density at radius 1 is 1.14 bits per heavy atom. The average molecular weight is 405 g/mol. The molecule has 2 aromatic rings. The molecule has 1 aliphatic heterocycles. The van der Waals surface area contributed by atoms with Crippen molar-refractivity contribution in [3.8, 4) is 0 Å². The van der Waals surface area contributed by atoms with E-state index in [4.69, 9.17) is 0 Å². The van der Waals surface area contributed by atoms with Crippen molar-refractivity contribution in [2.75, 3.05) is 13.2 Å². The van der Waals surface area contributed by atoms with Crippen molar-refractivity contribution in [1.82, 2.24) is 4.90 Å². The molecule has 0 bridgehead atoms. The summed E-state index contributed by atoms with van der Waals surface area (Å²) in [6, 6.07) is 17.1. The molecular formula is C23H26F3NO2. The fourth-order valence-electron chi connectivity index (χ4n) is 4.09. The minimum absolute atomic E-state index is 0.0235. The zero-order valence-electron chi connectivity index (χ0n) is 16.5. The van der Waals surface area contributed by atoms with E-state index in [0.717, 1.165) is 25.8 Å². The lowest BCUT2D eigenvalue weighted by molar-refractivity contribution is -0.176. The molecule has 0 radical (unpaired) electrons. The van der Waals surface area contributed by atoms with Crippen LogP contribution < -0.4 is 0 Å². The van der Waals surface area contributed by atoms with Crippen LogP contribution in [0.4, 0.5) is 13.2 Å². The van der Waals surface area contributed by atoms with E-state index in [0.29, 0.717) is 11.1 Å². The number of rotatable bonds is 7. The van der Waals surface area contributed by atoms with Gasteiger partial charge in [0.25, 0.3) is 5.91 Å². The highest BCUT2D eigenvalue weighted by Gasteiger charge is 2.35. The number of halogens is 3. The van der Waals surface area contributed by atoms with Crippen LogP contribution in [0.25, 0.3) is 0 Å². The van der Waals surface area contributed by atoms with Crippen molar-refractivity contribution in [3.05, 3.63) is 71.3 Å². The molecule has 2 aromatic carbocycles. The number of nitrogens with zero attached hydrogens (tertiary/aromatic N) is 1. The van der Waals surface area contributed by atoms with E-state index in [1.807, 2.05) is 23.1 Å². The first-order valence-electron chi connectivity index (χ1n) is 9.98. The molecule has 0 saturated carbocycles. The van der Waals surface area contributed by atoms with Crippen LogP contribution in [-0.4, -0.2) is 36.2 Å². The summed E-state index contributed by atoms with van der Waals surface area (Å²) < 4.78 is 41.2. The minimum Gasteiger partial charge on any atom is -0.367 e. The monoisotopic (exact) mass is 405 g/mol. The van der Waals surface area contributed by atoms with Crippen molar-refractivity contribution in [1.29, 1.82) is 0 Å². The summed E-state index contributed by atoms with van der Waals surface area (Å²) in [5, 5.41) is 0. The van der Waals surface area contributed by atoms with E-state index in [9.17, 15) is 18.0 Å². The predicted octanol–water partition coefficient (Wildman–Crippen LogP) is 5.56. The molecule has 1 aliphatic rings. The Balaban J connectivity index is 1.67. The van der Waals surface area contributed by atoms with E-state index in [-0.39, 0.29) is 24.5 Å². The normalized spacial score (nSPS) is 18.1. The van der Waals surface area contributed by atoms with Crippen molar-refractivity contribution in [3.63, 3.8) is 0 Å². The third-order valence-electron chi connectivity index (χ3n) is 5.43. The fraction of sp³-hybridized carbons (Fsp3) is 0.435. The van der Waals surface area contributed by atoms with Gasteiger partial charge < -0.3 is 9.64 Å². The maximum atomic E-state index is 13.1. The van der Waals surface area contributed by atoms with Crippen LogP contribution in [0.5, 0.6) is 0 Å². The van der Waals surface area contributed by atoms with Gasteiger partial charge in [0.15, 0.2) is 0 Å². The highest BCUT2D eigenvalue weighted by molar-refractivity contribution is 5.94. The molecule has 3 rings (SSSR count). The van der Waals surface area contributed by atoms with Gasteiger partial charge in [0.2, 0.25) is 0 Å². The molecule has 6 heteroatoms. The third-order valence-corrected chi connectivity index (χ3v) is 5.43. The first-order valence-corrected chi connectivity index (χ1v) is 9.98. The Bertz CT molecular complexity index is 790. The maximum Gasteiger partial charge on any atom is 0.411 e. The second-order valence-electron chi connectivity index (χ2n) is 7.44. The minimum atomic E-state index is -4.34. The van der Waals surface area contributed by atoms with Gasteiger partial charge in [0.05, 0.1) is 6.61 Å². The lowest BCUT2D eigenvalue weighted by Crippen LogP contribution is -2.39. The topological polar surface area (TPSA) is 29.5 Å². The number of carbonyl (C=O) groups excluding carboxylic acids is 1. The molecule has 2 atom stereocenters. The summed E-state index contributed by atoms with van der Waals surface area (Å²) in [5.41, 5.74) is 2.41. The van der Waals surface area contributed by atoms with Gasteiger partial charge in [-0.1, -0.05) is 49.4 Å². The third kappa shape index (κ3) is 5.60. The van der Waals surface area contributed by atoms with Gasteiger partial charge in [-0.3, -0.25) is 4.79 Å². The standard InChI is InChI=1S/C23H26F3NO2/c1-2-20(18-7-4-3-5-8-18)21-9-6-14-27(21)22(28)19-12-10-17(11-13-19)15-29-16-23(24,25)26/h3-5,7-8,10-13,20-21H,2,6,9,14-16H2,1H3. The molecule has 0 aliphatic carbocycles. The zero-order valence-corrected chi connectivity index (χ0v) is 16.5. The molecule has 1 heterocycles. The Morgan fingerprint density at radius 2 is 1.83 bits per heavy atom. The molecule has 0 aromatic heterocycles. The molecule has 29 heavy (non-hydrogen) atoms. The molecule has 0 N–H and O–H groups in total. The lowest BCUT2D eigenvalue weighted by atomic mass is 9.87. The molecule has 2 unspecified atom stereocenters. The van der Waals surface area contributed by atoms with Crippen molar-refractivity contribution >= 4 is 5.91 Å². The molecular weight excluding hydrogens is 379 g/mol. The summed E-state index contributed by atoms with van der Waals surface area (Å²) in [6.45, 7) is 1.46. The number of likely N-dealkylation sites (tertiary alicyclic amines) is 1. The van der Waals surface area contributed by atoms with Crippen molar-refractivity contribution < 1.29 is 22.7 Å². The summed E-state index contributed by atoms with van der Waals surface area (Å²) >= 11 is 0. The summed E-state index contributed by atoms with van der Waals surface area (Å²) in [4.78, 5) is 15.1. The van der Waals surface area contributed by atoms with E-state index in [1.54, 1.807) is 24.3 Å². The second kappa shape index (κ2) is 9.44.